The highest BCUT2D eigenvalue weighted by Crippen LogP contribution is 2.20. The van der Waals surface area contributed by atoms with E-state index in [0.717, 1.165) is 10.6 Å². The molecule has 0 aliphatic heterocycles. The van der Waals surface area contributed by atoms with Crippen molar-refractivity contribution < 1.29 is 14.3 Å². The summed E-state index contributed by atoms with van der Waals surface area (Å²) in [6.45, 7) is 1.56. The van der Waals surface area contributed by atoms with E-state index in [0.29, 0.717) is 16.3 Å². The summed E-state index contributed by atoms with van der Waals surface area (Å²) in [7, 11) is 0. The summed E-state index contributed by atoms with van der Waals surface area (Å²) in [6.07, 6.45) is 0. The van der Waals surface area contributed by atoms with Crippen LogP contribution in [0.5, 0.6) is 0 Å². The average molecular weight is 379 g/mol. The average Bonchev–Trinajstić information content (AvgIpc) is 3.13. The number of nitrogens with zero attached hydrogens (tertiary/aromatic N) is 2. The smallest absolute Gasteiger partial charge is 0.348 e. The fraction of sp³-hybridized carbons (Fsp3) is 0.100. The molecule has 0 saturated carbocycles. The second kappa shape index (κ2) is 8.86. The third-order valence-corrected chi connectivity index (χ3v) is 4.44. The van der Waals surface area contributed by atoms with E-state index in [1.165, 1.54) is 11.3 Å². The van der Waals surface area contributed by atoms with Gasteiger partial charge in [-0.3, -0.25) is 4.79 Å². The number of carbonyl (C=O) groups excluding carboxylic acids is 2. The largest absolute Gasteiger partial charge is 0.451 e. The van der Waals surface area contributed by atoms with E-state index in [-0.39, 0.29) is 6.61 Å². The Bertz CT molecular complexity index is 950. The van der Waals surface area contributed by atoms with Gasteiger partial charge in [0.25, 0.3) is 5.91 Å². The van der Waals surface area contributed by atoms with E-state index >= 15 is 0 Å². The number of hydrogen-bond donors (Lipinski definition) is 1. The molecule has 0 saturated heterocycles. The van der Waals surface area contributed by atoms with Gasteiger partial charge >= 0.3 is 5.97 Å². The van der Waals surface area contributed by atoms with Crippen molar-refractivity contribution in [1.29, 1.82) is 0 Å². The van der Waals surface area contributed by atoms with Crippen LogP contribution >= 0.6 is 11.3 Å². The van der Waals surface area contributed by atoms with Gasteiger partial charge in [-0.15, -0.1) is 11.3 Å². The third kappa shape index (κ3) is 5.58. The van der Waals surface area contributed by atoms with E-state index in [9.17, 15) is 9.59 Å². The Balaban J connectivity index is 1.49. The first-order valence-electron chi connectivity index (χ1n) is 8.20. The molecule has 3 aromatic rings. The number of hydrogen-bond acceptors (Lipinski definition) is 6. The molecule has 0 bridgehead atoms. The van der Waals surface area contributed by atoms with Crippen LogP contribution in [0.15, 0.2) is 77.0 Å². The van der Waals surface area contributed by atoms with Crippen molar-refractivity contribution in [3.8, 4) is 0 Å². The number of amides is 1. The Hall–Kier alpha value is -3.32. The van der Waals surface area contributed by atoms with Crippen LogP contribution < -0.4 is 5.32 Å². The van der Waals surface area contributed by atoms with Crippen LogP contribution in [0, 0.1) is 6.92 Å². The Morgan fingerprint density at radius 3 is 2.22 bits per heavy atom. The van der Waals surface area contributed by atoms with Gasteiger partial charge in [-0.1, -0.05) is 18.2 Å². The molecular formula is C20H17N3O3S. The second-order valence-electron chi connectivity index (χ2n) is 5.62. The SMILES string of the molecule is Cc1ccc(C(=O)OCC(=O)Nc2ccc(N=Nc3ccccc3)cc2)s1. The first kappa shape index (κ1) is 18.5. The summed E-state index contributed by atoms with van der Waals surface area (Å²) >= 11 is 1.33. The minimum Gasteiger partial charge on any atom is -0.451 e. The minimum atomic E-state index is -0.500. The van der Waals surface area contributed by atoms with Gasteiger partial charge in [0.2, 0.25) is 0 Å². The molecule has 1 amide bonds. The van der Waals surface area contributed by atoms with Gasteiger partial charge in [-0.2, -0.15) is 10.2 Å². The lowest BCUT2D eigenvalue weighted by atomic mass is 10.3. The van der Waals surface area contributed by atoms with Gasteiger partial charge in [-0.25, -0.2) is 4.79 Å². The molecule has 1 N–H and O–H groups in total. The Morgan fingerprint density at radius 2 is 1.59 bits per heavy atom. The summed E-state index contributed by atoms with van der Waals surface area (Å²) in [6, 6.07) is 19.8. The number of azo groups is 1. The summed E-state index contributed by atoms with van der Waals surface area (Å²) in [4.78, 5) is 25.2. The van der Waals surface area contributed by atoms with Crippen molar-refractivity contribution in [2.75, 3.05) is 11.9 Å². The zero-order chi connectivity index (χ0) is 19.1. The van der Waals surface area contributed by atoms with E-state index in [4.69, 9.17) is 4.74 Å². The number of thiophene rings is 1. The molecule has 0 aliphatic rings. The highest BCUT2D eigenvalue weighted by Gasteiger charge is 2.12. The van der Waals surface area contributed by atoms with Crippen molar-refractivity contribution in [3.05, 3.63) is 76.5 Å². The lowest BCUT2D eigenvalue weighted by molar-refractivity contribution is -0.119. The number of ether oxygens (including phenoxy) is 1. The van der Waals surface area contributed by atoms with E-state index < -0.39 is 11.9 Å². The normalized spacial score (nSPS) is 10.7. The monoisotopic (exact) mass is 379 g/mol. The van der Waals surface area contributed by atoms with Gasteiger partial charge in [-0.05, 0) is 55.5 Å². The molecule has 0 spiro atoms. The van der Waals surface area contributed by atoms with Crippen LogP contribution in [0.3, 0.4) is 0 Å². The molecule has 27 heavy (non-hydrogen) atoms. The molecule has 0 fully saturated rings. The Morgan fingerprint density at radius 1 is 0.926 bits per heavy atom. The van der Waals surface area contributed by atoms with Gasteiger partial charge in [0.15, 0.2) is 6.61 Å². The minimum absolute atomic E-state index is 0.342. The number of nitrogens with one attached hydrogen (secondary N) is 1. The van der Waals surface area contributed by atoms with Crippen molar-refractivity contribution in [2.45, 2.75) is 6.92 Å². The van der Waals surface area contributed by atoms with E-state index in [1.807, 2.05) is 43.3 Å². The zero-order valence-corrected chi connectivity index (χ0v) is 15.4. The molecule has 0 atom stereocenters. The summed E-state index contributed by atoms with van der Waals surface area (Å²) in [5.41, 5.74) is 2.01. The summed E-state index contributed by atoms with van der Waals surface area (Å²) in [5.74, 6) is -0.907. The van der Waals surface area contributed by atoms with Crippen molar-refractivity contribution in [2.24, 2.45) is 10.2 Å². The summed E-state index contributed by atoms with van der Waals surface area (Å²) in [5, 5.41) is 10.9. The first-order chi connectivity index (χ1) is 13.1. The van der Waals surface area contributed by atoms with Crippen LogP contribution in [0.25, 0.3) is 0 Å². The molecule has 0 aliphatic carbocycles. The topological polar surface area (TPSA) is 80.1 Å². The molecular weight excluding hydrogens is 362 g/mol. The van der Waals surface area contributed by atoms with Crippen molar-refractivity contribution in [1.82, 2.24) is 0 Å². The van der Waals surface area contributed by atoms with Crippen LogP contribution in [-0.2, 0) is 9.53 Å². The van der Waals surface area contributed by atoms with E-state index in [1.54, 1.807) is 30.3 Å². The maximum atomic E-state index is 11.9. The van der Waals surface area contributed by atoms with Gasteiger partial charge in [0.1, 0.15) is 4.88 Å². The van der Waals surface area contributed by atoms with Gasteiger partial charge < -0.3 is 10.1 Å². The predicted molar refractivity (Wildman–Crippen MR) is 105 cm³/mol. The molecule has 1 heterocycles. The maximum Gasteiger partial charge on any atom is 0.348 e. The maximum absolute atomic E-state index is 11.9. The number of anilines is 1. The highest BCUT2D eigenvalue weighted by molar-refractivity contribution is 7.13. The van der Waals surface area contributed by atoms with E-state index in [2.05, 4.69) is 15.5 Å². The molecule has 1 aromatic heterocycles. The lowest BCUT2D eigenvalue weighted by Crippen LogP contribution is -2.20. The van der Waals surface area contributed by atoms with Gasteiger partial charge in [0.05, 0.1) is 11.4 Å². The third-order valence-electron chi connectivity index (χ3n) is 3.46. The molecule has 6 nitrogen and oxygen atoms in total. The Kier molecular flexibility index (Phi) is 6.06. The molecule has 3 rings (SSSR count). The Labute approximate surface area is 160 Å². The highest BCUT2D eigenvalue weighted by atomic mass is 32.1. The quantitative estimate of drug-likeness (QED) is 0.468. The molecule has 0 unspecified atom stereocenters. The number of aryl methyl sites for hydroxylation is 1. The fourth-order valence-electron chi connectivity index (χ4n) is 2.17. The molecule has 0 radical (unpaired) electrons. The first-order valence-corrected chi connectivity index (χ1v) is 9.02. The van der Waals surface area contributed by atoms with Crippen LogP contribution in [-0.4, -0.2) is 18.5 Å². The molecule has 7 heteroatoms. The van der Waals surface area contributed by atoms with Crippen LogP contribution in [0.4, 0.5) is 17.1 Å². The number of rotatable bonds is 6. The number of esters is 1. The standard InChI is InChI=1S/C20H17N3O3S/c1-14-7-12-18(27-14)20(25)26-13-19(24)21-15-8-10-17(11-9-15)23-22-16-5-3-2-4-6-16/h2-12H,13H2,1H3,(H,21,24). The zero-order valence-electron chi connectivity index (χ0n) is 14.6. The lowest BCUT2D eigenvalue weighted by Gasteiger charge is -2.06. The number of carbonyl (C=O) groups is 2. The fourth-order valence-corrected chi connectivity index (χ4v) is 2.93. The number of benzene rings is 2. The molecule has 136 valence electrons. The predicted octanol–water partition coefficient (Wildman–Crippen LogP) is 5.27. The van der Waals surface area contributed by atoms with Crippen molar-refractivity contribution >= 4 is 40.3 Å². The van der Waals surface area contributed by atoms with Gasteiger partial charge in [0, 0.05) is 10.6 Å². The molecule has 2 aromatic carbocycles. The summed E-state index contributed by atoms with van der Waals surface area (Å²) < 4.78 is 5.01. The van der Waals surface area contributed by atoms with Crippen molar-refractivity contribution in [3.63, 3.8) is 0 Å². The second-order valence-corrected chi connectivity index (χ2v) is 6.90. The van der Waals surface area contributed by atoms with Crippen LogP contribution in [0.1, 0.15) is 14.5 Å². The van der Waals surface area contributed by atoms with Crippen LogP contribution in [0.2, 0.25) is 0 Å².